The van der Waals surface area contributed by atoms with Crippen molar-refractivity contribution in [2.75, 3.05) is 5.32 Å². The monoisotopic (exact) mass is 311 g/mol. The Balaban J connectivity index is 1.76. The van der Waals surface area contributed by atoms with Crippen molar-refractivity contribution in [2.45, 2.75) is 0 Å². The summed E-state index contributed by atoms with van der Waals surface area (Å²) in [6, 6.07) is 22.6. The van der Waals surface area contributed by atoms with Gasteiger partial charge in [-0.05, 0) is 11.5 Å². The third kappa shape index (κ3) is 1.91. The van der Waals surface area contributed by atoms with Crippen LogP contribution in [0.4, 0.5) is 11.5 Å². The number of hydrogen-bond acceptors (Lipinski definition) is 4. The standard InChI is InChI=1S/C19H13N5/c1-2-8-14-13(6-1)7-5-11-17(14)21-18-15-9-3-4-10-16(15)19-22-20-12-24(19)23-18/h1-12H,(H,21,23). The van der Waals surface area contributed by atoms with E-state index in [1.807, 2.05) is 42.5 Å². The average Bonchev–Trinajstić information content (AvgIpc) is 3.11. The fourth-order valence-corrected chi connectivity index (χ4v) is 3.08. The summed E-state index contributed by atoms with van der Waals surface area (Å²) in [5.41, 5.74) is 1.78. The van der Waals surface area contributed by atoms with Gasteiger partial charge in [-0.2, -0.15) is 4.52 Å². The van der Waals surface area contributed by atoms with Crippen molar-refractivity contribution in [3.05, 3.63) is 73.1 Å². The predicted octanol–water partition coefficient (Wildman–Crippen LogP) is 4.17. The number of anilines is 2. The lowest BCUT2D eigenvalue weighted by molar-refractivity contribution is 0.941. The lowest BCUT2D eigenvalue weighted by Gasteiger charge is -2.12. The van der Waals surface area contributed by atoms with E-state index in [2.05, 4.69) is 44.9 Å². The number of rotatable bonds is 2. The highest BCUT2D eigenvalue weighted by Crippen LogP contribution is 2.30. The maximum absolute atomic E-state index is 4.65. The molecule has 5 rings (SSSR count). The van der Waals surface area contributed by atoms with Gasteiger partial charge in [0, 0.05) is 21.8 Å². The van der Waals surface area contributed by atoms with E-state index < -0.39 is 0 Å². The molecule has 5 aromatic rings. The van der Waals surface area contributed by atoms with Crippen LogP contribution in [0.2, 0.25) is 0 Å². The highest BCUT2D eigenvalue weighted by molar-refractivity contribution is 6.03. The summed E-state index contributed by atoms with van der Waals surface area (Å²) in [4.78, 5) is 0. The second-order valence-electron chi connectivity index (χ2n) is 5.65. The number of hydrogen-bond donors (Lipinski definition) is 1. The molecule has 0 aliphatic carbocycles. The quantitative estimate of drug-likeness (QED) is 0.531. The molecule has 5 nitrogen and oxygen atoms in total. The summed E-state index contributed by atoms with van der Waals surface area (Å²) in [5, 5.41) is 20.7. The zero-order chi connectivity index (χ0) is 15.9. The van der Waals surface area contributed by atoms with Crippen LogP contribution in [0.3, 0.4) is 0 Å². The molecular weight excluding hydrogens is 298 g/mol. The van der Waals surface area contributed by atoms with E-state index in [4.69, 9.17) is 0 Å². The van der Waals surface area contributed by atoms with Crippen LogP contribution < -0.4 is 5.32 Å². The summed E-state index contributed by atoms with van der Waals surface area (Å²) in [7, 11) is 0. The fraction of sp³-hybridized carbons (Fsp3) is 0. The first-order chi connectivity index (χ1) is 11.9. The first-order valence-electron chi connectivity index (χ1n) is 7.74. The molecule has 2 aromatic heterocycles. The van der Waals surface area contributed by atoms with Gasteiger partial charge in [0.05, 0.1) is 0 Å². The van der Waals surface area contributed by atoms with E-state index in [-0.39, 0.29) is 0 Å². The van der Waals surface area contributed by atoms with Crippen molar-refractivity contribution in [3.8, 4) is 0 Å². The number of fused-ring (bicyclic) bond motifs is 4. The van der Waals surface area contributed by atoms with Crippen molar-refractivity contribution >= 4 is 38.7 Å². The Morgan fingerprint density at radius 1 is 0.750 bits per heavy atom. The maximum atomic E-state index is 4.65. The van der Waals surface area contributed by atoms with Crippen molar-refractivity contribution < 1.29 is 0 Å². The van der Waals surface area contributed by atoms with Crippen LogP contribution in [0.1, 0.15) is 0 Å². The van der Waals surface area contributed by atoms with Gasteiger partial charge in [0.2, 0.25) is 0 Å². The van der Waals surface area contributed by atoms with Gasteiger partial charge in [-0.1, -0.05) is 60.7 Å². The highest BCUT2D eigenvalue weighted by atomic mass is 15.4. The van der Waals surface area contributed by atoms with Crippen LogP contribution in [-0.4, -0.2) is 19.8 Å². The largest absolute Gasteiger partial charge is 0.338 e. The Labute approximate surface area is 137 Å². The zero-order valence-corrected chi connectivity index (χ0v) is 12.7. The smallest absolute Gasteiger partial charge is 0.185 e. The van der Waals surface area contributed by atoms with Gasteiger partial charge in [-0.15, -0.1) is 15.3 Å². The Hall–Kier alpha value is -3.47. The SMILES string of the molecule is c1ccc2c(Nc3nn4cnnc4c4ccccc34)cccc2c1. The molecule has 3 aromatic carbocycles. The molecule has 0 saturated carbocycles. The first kappa shape index (κ1) is 13.0. The molecule has 24 heavy (non-hydrogen) atoms. The third-order valence-electron chi connectivity index (χ3n) is 4.20. The minimum atomic E-state index is 0.758. The van der Waals surface area contributed by atoms with Crippen LogP contribution >= 0.6 is 0 Å². The fourth-order valence-electron chi connectivity index (χ4n) is 3.08. The van der Waals surface area contributed by atoms with Gasteiger partial charge in [0.15, 0.2) is 11.5 Å². The number of aromatic nitrogens is 4. The van der Waals surface area contributed by atoms with Crippen molar-refractivity contribution in [1.82, 2.24) is 19.8 Å². The van der Waals surface area contributed by atoms with Gasteiger partial charge in [-0.25, -0.2) is 0 Å². The summed E-state index contributed by atoms with van der Waals surface area (Å²) in [6.45, 7) is 0. The molecule has 0 aliphatic heterocycles. The Morgan fingerprint density at radius 3 is 2.42 bits per heavy atom. The lowest BCUT2D eigenvalue weighted by Crippen LogP contribution is -2.01. The summed E-state index contributed by atoms with van der Waals surface area (Å²) >= 11 is 0. The molecule has 0 bridgehead atoms. The molecule has 0 aliphatic rings. The summed E-state index contributed by atoms with van der Waals surface area (Å²) < 4.78 is 1.70. The number of nitrogens with one attached hydrogen (secondary N) is 1. The normalized spacial score (nSPS) is 11.3. The molecule has 0 atom stereocenters. The van der Waals surface area contributed by atoms with Crippen LogP contribution in [0.15, 0.2) is 73.1 Å². The van der Waals surface area contributed by atoms with Gasteiger partial charge >= 0.3 is 0 Å². The highest BCUT2D eigenvalue weighted by Gasteiger charge is 2.10. The zero-order valence-electron chi connectivity index (χ0n) is 12.7. The van der Waals surface area contributed by atoms with Crippen molar-refractivity contribution in [3.63, 3.8) is 0 Å². The molecule has 0 saturated heterocycles. The minimum absolute atomic E-state index is 0.758. The van der Waals surface area contributed by atoms with E-state index in [0.29, 0.717) is 0 Å². The average molecular weight is 311 g/mol. The van der Waals surface area contributed by atoms with Gasteiger partial charge in [0.25, 0.3) is 0 Å². The molecule has 2 heterocycles. The Kier molecular flexibility index (Phi) is 2.72. The molecular formula is C19H13N5. The van der Waals surface area contributed by atoms with E-state index in [9.17, 15) is 0 Å². The topological polar surface area (TPSA) is 55.1 Å². The maximum Gasteiger partial charge on any atom is 0.185 e. The second-order valence-corrected chi connectivity index (χ2v) is 5.65. The van der Waals surface area contributed by atoms with Crippen LogP contribution in [0.5, 0.6) is 0 Å². The van der Waals surface area contributed by atoms with Gasteiger partial charge < -0.3 is 5.32 Å². The molecule has 114 valence electrons. The van der Waals surface area contributed by atoms with E-state index in [1.165, 1.54) is 5.39 Å². The second kappa shape index (κ2) is 5.03. The van der Waals surface area contributed by atoms with Crippen LogP contribution in [0.25, 0.3) is 27.2 Å². The van der Waals surface area contributed by atoms with E-state index in [0.717, 1.165) is 33.3 Å². The molecule has 5 heteroatoms. The van der Waals surface area contributed by atoms with Crippen LogP contribution in [0, 0.1) is 0 Å². The van der Waals surface area contributed by atoms with Gasteiger partial charge in [-0.3, -0.25) is 0 Å². The molecule has 0 spiro atoms. The van der Waals surface area contributed by atoms with E-state index in [1.54, 1.807) is 10.8 Å². The molecule has 0 unspecified atom stereocenters. The first-order valence-corrected chi connectivity index (χ1v) is 7.74. The van der Waals surface area contributed by atoms with Crippen molar-refractivity contribution in [1.29, 1.82) is 0 Å². The third-order valence-corrected chi connectivity index (χ3v) is 4.20. The van der Waals surface area contributed by atoms with E-state index >= 15 is 0 Å². The Bertz CT molecular complexity index is 1190. The Morgan fingerprint density at radius 2 is 1.50 bits per heavy atom. The summed E-state index contributed by atoms with van der Waals surface area (Å²) in [6.07, 6.45) is 1.62. The predicted molar refractivity (Wildman–Crippen MR) is 95.5 cm³/mol. The number of nitrogens with zero attached hydrogens (tertiary/aromatic N) is 4. The summed E-state index contributed by atoms with van der Waals surface area (Å²) in [5.74, 6) is 0.786. The van der Waals surface area contributed by atoms with Crippen LogP contribution in [-0.2, 0) is 0 Å². The van der Waals surface area contributed by atoms with Gasteiger partial charge in [0.1, 0.15) is 6.33 Å². The molecule has 0 amide bonds. The molecule has 0 fully saturated rings. The molecule has 1 N–H and O–H groups in total. The van der Waals surface area contributed by atoms with Crippen molar-refractivity contribution in [2.24, 2.45) is 0 Å². The molecule has 0 radical (unpaired) electrons. The lowest BCUT2D eigenvalue weighted by atomic mass is 10.1. The minimum Gasteiger partial charge on any atom is -0.338 e. The number of benzene rings is 3.